The molecule has 0 saturated heterocycles. The van der Waals surface area contributed by atoms with Gasteiger partial charge in [0.05, 0.1) is 6.61 Å². The second-order valence-corrected chi connectivity index (χ2v) is 4.38. The van der Waals surface area contributed by atoms with Gasteiger partial charge >= 0.3 is 0 Å². The van der Waals surface area contributed by atoms with Crippen LogP contribution in [0.15, 0.2) is 18.2 Å². The Kier molecular flexibility index (Phi) is 6.42. The highest BCUT2D eigenvalue weighted by Gasteiger charge is 2.16. The van der Waals surface area contributed by atoms with Crippen LogP contribution in [0, 0.1) is 11.6 Å². The van der Waals surface area contributed by atoms with Gasteiger partial charge in [-0.1, -0.05) is 19.8 Å². The summed E-state index contributed by atoms with van der Waals surface area (Å²) in [7, 11) is 0. The number of hydrogen-bond acceptors (Lipinski definition) is 2. The van der Waals surface area contributed by atoms with Crippen LogP contribution in [0.5, 0.6) is 0 Å². The highest BCUT2D eigenvalue weighted by atomic mass is 19.1. The number of benzene rings is 1. The smallest absolute Gasteiger partial charge is 0.254 e. The Hall–Kier alpha value is -1.49. The Morgan fingerprint density at radius 1 is 1.16 bits per heavy atom. The van der Waals surface area contributed by atoms with Gasteiger partial charge in [-0.2, -0.15) is 0 Å². The zero-order valence-corrected chi connectivity index (χ0v) is 11.0. The van der Waals surface area contributed by atoms with Gasteiger partial charge in [-0.15, -0.1) is 0 Å². The van der Waals surface area contributed by atoms with Crippen LogP contribution < -0.4 is 0 Å². The second-order valence-electron chi connectivity index (χ2n) is 4.38. The molecule has 1 rings (SSSR count). The molecule has 1 aromatic carbocycles. The minimum Gasteiger partial charge on any atom is -0.395 e. The van der Waals surface area contributed by atoms with E-state index in [1.165, 1.54) is 4.90 Å². The van der Waals surface area contributed by atoms with E-state index in [-0.39, 0.29) is 18.7 Å². The average molecular weight is 271 g/mol. The molecule has 0 aliphatic carbocycles. The van der Waals surface area contributed by atoms with Gasteiger partial charge in [0.25, 0.3) is 5.91 Å². The summed E-state index contributed by atoms with van der Waals surface area (Å²) >= 11 is 0. The van der Waals surface area contributed by atoms with Gasteiger partial charge in [-0.3, -0.25) is 4.79 Å². The molecule has 5 heteroatoms. The van der Waals surface area contributed by atoms with Crippen molar-refractivity contribution in [2.75, 3.05) is 19.7 Å². The molecule has 0 saturated carbocycles. The largest absolute Gasteiger partial charge is 0.395 e. The third-order valence-corrected chi connectivity index (χ3v) is 2.80. The normalized spacial score (nSPS) is 10.5. The zero-order valence-electron chi connectivity index (χ0n) is 11.0. The molecular formula is C14H19F2NO2. The first-order valence-corrected chi connectivity index (χ1v) is 6.44. The fraction of sp³-hybridized carbons (Fsp3) is 0.500. The average Bonchev–Trinajstić information content (AvgIpc) is 2.36. The summed E-state index contributed by atoms with van der Waals surface area (Å²) in [6.07, 6.45) is 2.78. The maximum atomic E-state index is 13.1. The van der Waals surface area contributed by atoms with Crippen LogP contribution in [0.1, 0.15) is 36.5 Å². The van der Waals surface area contributed by atoms with Crippen molar-refractivity contribution in [2.45, 2.75) is 26.2 Å². The molecule has 1 amide bonds. The maximum Gasteiger partial charge on any atom is 0.254 e. The molecule has 19 heavy (non-hydrogen) atoms. The van der Waals surface area contributed by atoms with E-state index in [9.17, 15) is 13.6 Å². The molecular weight excluding hydrogens is 252 g/mol. The van der Waals surface area contributed by atoms with Gasteiger partial charge in [0, 0.05) is 24.7 Å². The van der Waals surface area contributed by atoms with Gasteiger partial charge in [0.15, 0.2) is 0 Å². The van der Waals surface area contributed by atoms with E-state index < -0.39 is 17.5 Å². The Morgan fingerprint density at radius 3 is 2.32 bits per heavy atom. The van der Waals surface area contributed by atoms with E-state index in [1.54, 1.807) is 0 Å². The Bertz CT molecular complexity index is 404. The van der Waals surface area contributed by atoms with Gasteiger partial charge in [0.2, 0.25) is 0 Å². The molecule has 0 bridgehead atoms. The number of carbonyl (C=O) groups is 1. The Morgan fingerprint density at radius 2 is 1.79 bits per heavy atom. The van der Waals surface area contributed by atoms with Crippen molar-refractivity contribution >= 4 is 5.91 Å². The van der Waals surface area contributed by atoms with Crippen LogP contribution >= 0.6 is 0 Å². The van der Waals surface area contributed by atoms with Crippen LogP contribution in [0.25, 0.3) is 0 Å². The molecule has 0 aliphatic heterocycles. The monoisotopic (exact) mass is 271 g/mol. The summed E-state index contributed by atoms with van der Waals surface area (Å²) < 4.78 is 26.2. The van der Waals surface area contributed by atoms with Crippen molar-refractivity contribution in [3.63, 3.8) is 0 Å². The lowest BCUT2D eigenvalue weighted by Crippen LogP contribution is -2.34. The highest BCUT2D eigenvalue weighted by molar-refractivity contribution is 5.94. The van der Waals surface area contributed by atoms with Crippen molar-refractivity contribution in [3.8, 4) is 0 Å². The molecule has 0 aromatic heterocycles. The van der Waals surface area contributed by atoms with Crippen molar-refractivity contribution in [3.05, 3.63) is 35.4 Å². The van der Waals surface area contributed by atoms with Crippen LogP contribution in [0.2, 0.25) is 0 Å². The summed E-state index contributed by atoms with van der Waals surface area (Å²) in [5.41, 5.74) is -0.0255. The number of aliphatic hydroxyl groups is 1. The number of hydrogen-bond donors (Lipinski definition) is 1. The summed E-state index contributed by atoms with van der Waals surface area (Å²) in [6, 6.07) is 2.75. The lowest BCUT2D eigenvalue weighted by molar-refractivity contribution is 0.0717. The minimum atomic E-state index is -0.777. The van der Waals surface area contributed by atoms with Crippen molar-refractivity contribution in [1.82, 2.24) is 4.90 Å². The number of unbranched alkanes of at least 4 members (excludes halogenated alkanes) is 2. The number of amides is 1. The van der Waals surface area contributed by atoms with Crippen LogP contribution in [-0.4, -0.2) is 35.6 Å². The fourth-order valence-electron chi connectivity index (χ4n) is 1.85. The molecule has 0 spiro atoms. The molecule has 0 radical (unpaired) electrons. The molecule has 0 heterocycles. The number of carbonyl (C=O) groups excluding carboxylic acids is 1. The Balaban J connectivity index is 2.79. The van der Waals surface area contributed by atoms with E-state index in [2.05, 4.69) is 0 Å². The molecule has 0 aliphatic rings. The van der Waals surface area contributed by atoms with Gasteiger partial charge in [-0.25, -0.2) is 8.78 Å². The predicted octanol–water partition coefficient (Wildman–Crippen LogP) is 2.59. The molecule has 0 unspecified atom stereocenters. The molecule has 1 aromatic rings. The zero-order chi connectivity index (χ0) is 14.3. The minimum absolute atomic E-state index is 0.0255. The highest BCUT2D eigenvalue weighted by Crippen LogP contribution is 2.11. The van der Waals surface area contributed by atoms with Crippen molar-refractivity contribution in [2.24, 2.45) is 0 Å². The summed E-state index contributed by atoms with van der Waals surface area (Å²) in [4.78, 5) is 13.5. The molecule has 0 fully saturated rings. The first-order chi connectivity index (χ1) is 9.08. The first kappa shape index (κ1) is 15.6. The summed E-state index contributed by atoms with van der Waals surface area (Å²) in [6.45, 7) is 2.52. The van der Waals surface area contributed by atoms with E-state index in [4.69, 9.17) is 5.11 Å². The Labute approximate surface area is 111 Å². The fourth-order valence-corrected chi connectivity index (χ4v) is 1.85. The van der Waals surface area contributed by atoms with Crippen LogP contribution in [0.3, 0.4) is 0 Å². The standard InChI is InChI=1S/C14H19F2NO2/c1-2-3-4-5-17(6-7-18)14(19)11-8-12(15)10-13(16)9-11/h8-10,18H,2-7H2,1H3. The van der Waals surface area contributed by atoms with Crippen LogP contribution in [0.4, 0.5) is 8.78 Å². The lowest BCUT2D eigenvalue weighted by Gasteiger charge is -2.21. The van der Waals surface area contributed by atoms with E-state index in [0.717, 1.165) is 37.5 Å². The molecule has 0 atom stereocenters. The van der Waals surface area contributed by atoms with Gasteiger partial charge in [-0.05, 0) is 18.6 Å². The van der Waals surface area contributed by atoms with Gasteiger partial charge in [0.1, 0.15) is 11.6 Å². The third-order valence-electron chi connectivity index (χ3n) is 2.80. The lowest BCUT2D eigenvalue weighted by atomic mass is 10.1. The predicted molar refractivity (Wildman–Crippen MR) is 68.9 cm³/mol. The third kappa shape index (κ3) is 4.95. The van der Waals surface area contributed by atoms with Gasteiger partial charge < -0.3 is 10.0 Å². The first-order valence-electron chi connectivity index (χ1n) is 6.44. The number of aliphatic hydroxyl groups excluding tert-OH is 1. The second kappa shape index (κ2) is 7.84. The molecule has 1 N–H and O–H groups in total. The number of rotatable bonds is 7. The summed E-state index contributed by atoms with van der Waals surface area (Å²) in [5, 5.41) is 8.96. The quantitative estimate of drug-likeness (QED) is 0.774. The van der Waals surface area contributed by atoms with E-state index in [1.807, 2.05) is 6.92 Å². The number of nitrogens with zero attached hydrogens (tertiary/aromatic N) is 1. The summed E-state index contributed by atoms with van der Waals surface area (Å²) in [5.74, 6) is -2.01. The van der Waals surface area contributed by atoms with Crippen LogP contribution in [-0.2, 0) is 0 Å². The van der Waals surface area contributed by atoms with E-state index >= 15 is 0 Å². The van der Waals surface area contributed by atoms with Crippen molar-refractivity contribution < 1.29 is 18.7 Å². The number of halogens is 2. The van der Waals surface area contributed by atoms with Crippen molar-refractivity contribution in [1.29, 1.82) is 0 Å². The SMILES string of the molecule is CCCCCN(CCO)C(=O)c1cc(F)cc(F)c1. The topological polar surface area (TPSA) is 40.5 Å². The molecule has 106 valence electrons. The van der Waals surface area contributed by atoms with E-state index in [0.29, 0.717) is 6.54 Å². The maximum absolute atomic E-state index is 13.1. The molecule has 3 nitrogen and oxygen atoms in total.